The van der Waals surface area contributed by atoms with E-state index in [-0.39, 0.29) is 0 Å². The van der Waals surface area contributed by atoms with Crippen molar-refractivity contribution in [1.29, 1.82) is 0 Å². The van der Waals surface area contributed by atoms with Crippen LogP contribution in [-0.2, 0) is 27.8 Å². The number of ether oxygens (including phenoxy) is 1. The summed E-state index contributed by atoms with van der Waals surface area (Å²) in [6.07, 6.45) is -2.96. The number of carbonyl (C=O) groups is 1. The summed E-state index contributed by atoms with van der Waals surface area (Å²) >= 11 is 0. The van der Waals surface area contributed by atoms with Crippen molar-refractivity contribution < 1.29 is 72.0 Å². The average Bonchev–Trinajstić information content (AvgIpc) is 2.40. The molecule has 0 saturated carbocycles. The molecule has 28 heavy (non-hydrogen) atoms. The number of hydrogen-bond donors (Lipinski definition) is 9. The molecule has 0 aromatic rings. The molecule has 1 unspecified atom stereocenters. The molecule has 0 radical (unpaired) electrons. The average molecular weight is 495 g/mol. The van der Waals surface area contributed by atoms with Crippen LogP contribution < -0.4 is 0 Å². The monoisotopic (exact) mass is 495 g/mol. The smallest absolute Gasteiger partial charge is 0.385 e. The number of hydrogen-bond acceptors (Lipinski definition) is 7. The quantitative estimate of drug-likeness (QED) is 0.120. The Bertz CT molecular complexity index is 714. The normalized spacial score (nSPS) is 15.9. The highest BCUT2D eigenvalue weighted by Gasteiger charge is 2.71. The summed E-state index contributed by atoms with van der Waals surface area (Å²) in [6.45, 7) is 0.680. The molecule has 0 aromatic carbocycles. The van der Waals surface area contributed by atoms with E-state index in [4.69, 9.17) is 5.11 Å². The maximum absolute atomic E-state index is 12.1. The van der Waals surface area contributed by atoms with Crippen LogP contribution in [0.25, 0.3) is 0 Å². The fraction of sp³-hybridized carbons (Fsp3) is 0.875. The van der Waals surface area contributed by atoms with E-state index in [0.29, 0.717) is 0 Å². The molecule has 1 atom stereocenters. The molecule has 0 spiro atoms. The van der Waals surface area contributed by atoms with Gasteiger partial charge in [-0.2, -0.15) is 0 Å². The third kappa shape index (κ3) is 5.78. The lowest BCUT2D eigenvalue weighted by Crippen LogP contribution is -2.56. The highest BCUT2D eigenvalue weighted by atomic mass is 31.2. The Morgan fingerprint density at radius 1 is 0.893 bits per heavy atom. The molecule has 0 aliphatic heterocycles. The van der Waals surface area contributed by atoms with Crippen LogP contribution in [0.5, 0.6) is 0 Å². The van der Waals surface area contributed by atoms with Gasteiger partial charge < -0.3 is 49.0 Å². The van der Waals surface area contributed by atoms with Gasteiger partial charge in [-0.05, 0) is 6.42 Å². The summed E-state index contributed by atoms with van der Waals surface area (Å²) < 4.78 is 52.0. The summed E-state index contributed by atoms with van der Waals surface area (Å²) in [7, 11) is -24.9. The lowest BCUT2D eigenvalue weighted by molar-refractivity contribution is -0.164. The minimum atomic E-state index is -6.41. The topological polar surface area (TPSA) is 280 Å². The standard InChI is InChI=1S/C8H21NO15P4/c1-3-5(6(10)11)24-8(27(18,19)20,28(21,22)23)9(4-2)7(25(12,13)14)26(15,16)17/h5,7H,3-4H2,1-2H3,(H,10,11)(H2,12,13,14)(H2,15,16,17)(H2,18,19,20)(H2,21,22,23). The van der Waals surface area contributed by atoms with Gasteiger partial charge in [0.25, 0.3) is 0 Å². The maximum atomic E-state index is 12.1. The molecule has 0 rings (SSSR count). The Morgan fingerprint density at radius 3 is 1.43 bits per heavy atom. The zero-order chi connectivity index (χ0) is 22.9. The van der Waals surface area contributed by atoms with Crippen molar-refractivity contribution in [1.82, 2.24) is 4.90 Å². The van der Waals surface area contributed by atoms with E-state index in [2.05, 4.69) is 4.74 Å². The molecule has 0 heterocycles. The lowest BCUT2D eigenvalue weighted by Gasteiger charge is -2.46. The van der Waals surface area contributed by atoms with Crippen LogP contribution in [-0.4, -0.2) is 78.5 Å². The van der Waals surface area contributed by atoms with Gasteiger partial charge in [0.1, 0.15) is 0 Å². The largest absolute Gasteiger partial charge is 0.479 e. The minimum absolute atomic E-state index is 0.582. The van der Waals surface area contributed by atoms with Crippen molar-refractivity contribution in [3.63, 3.8) is 0 Å². The predicted molar refractivity (Wildman–Crippen MR) is 89.9 cm³/mol. The van der Waals surface area contributed by atoms with Crippen molar-refractivity contribution in [3.05, 3.63) is 0 Å². The number of nitrogens with zero attached hydrogens (tertiary/aromatic N) is 1. The summed E-state index contributed by atoms with van der Waals surface area (Å²) in [5.41, 5.74) is -3.46. The number of rotatable bonds is 11. The van der Waals surface area contributed by atoms with Gasteiger partial charge in [-0.25, -0.2) is 9.69 Å². The van der Waals surface area contributed by atoms with Crippen LogP contribution in [0.3, 0.4) is 0 Å². The number of carboxylic acids is 1. The van der Waals surface area contributed by atoms with Crippen molar-refractivity contribution in [3.8, 4) is 0 Å². The highest BCUT2D eigenvalue weighted by Crippen LogP contribution is 2.75. The highest BCUT2D eigenvalue weighted by molar-refractivity contribution is 7.73. The van der Waals surface area contributed by atoms with Crippen LogP contribution in [0.1, 0.15) is 20.3 Å². The van der Waals surface area contributed by atoms with E-state index in [1.54, 1.807) is 0 Å². The summed E-state index contributed by atoms with van der Waals surface area (Å²) in [4.78, 5) is 86.3. The minimum Gasteiger partial charge on any atom is -0.479 e. The number of carboxylic acid groups (broad SMARTS) is 1. The van der Waals surface area contributed by atoms with E-state index >= 15 is 0 Å². The van der Waals surface area contributed by atoms with Crippen molar-refractivity contribution in [2.75, 3.05) is 6.54 Å². The van der Waals surface area contributed by atoms with Crippen LogP contribution in [0.2, 0.25) is 0 Å². The Balaban J connectivity index is 7.28. The SMILES string of the molecule is CCC(OC(N(CC)C(P(=O)(O)O)P(=O)(O)O)(P(=O)(O)O)P(=O)(O)O)C(=O)O. The Morgan fingerprint density at radius 2 is 1.25 bits per heavy atom. The van der Waals surface area contributed by atoms with E-state index in [0.717, 1.165) is 13.8 Å². The van der Waals surface area contributed by atoms with Crippen LogP contribution in [0.4, 0.5) is 0 Å². The Hall–Kier alpha value is -0.0100. The molecule has 168 valence electrons. The van der Waals surface area contributed by atoms with Gasteiger partial charge in [-0.1, -0.05) is 13.8 Å². The molecule has 16 nitrogen and oxygen atoms in total. The van der Waals surface area contributed by atoms with Gasteiger partial charge in [0, 0.05) is 6.54 Å². The molecular weight excluding hydrogens is 474 g/mol. The van der Waals surface area contributed by atoms with Crippen LogP contribution >= 0.6 is 30.4 Å². The lowest BCUT2D eigenvalue weighted by atomic mass is 10.3. The molecule has 0 aliphatic rings. The first kappa shape index (κ1) is 28.0. The first-order valence-corrected chi connectivity index (χ1v) is 13.7. The maximum Gasteiger partial charge on any atom is 0.385 e. The van der Waals surface area contributed by atoms with Gasteiger partial charge in [0.15, 0.2) is 6.10 Å². The molecule has 0 aliphatic carbocycles. The third-order valence-corrected chi connectivity index (χ3v) is 10.7. The summed E-state index contributed by atoms with van der Waals surface area (Å²) in [5.74, 6) is -1.96. The second-order valence-corrected chi connectivity index (χ2v) is 12.8. The predicted octanol–water partition coefficient (Wildman–Crippen LogP) is -1.21. The second-order valence-electron chi connectivity index (χ2n) is 5.33. The van der Waals surface area contributed by atoms with E-state index in [1.165, 1.54) is 0 Å². The molecule has 9 N–H and O–H groups in total. The van der Waals surface area contributed by atoms with Gasteiger partial charge in [0.05, 0.1) is 0 Å². The second kappa shape index (κ2) is 9.01. The fourth-order valence-electron chi connectivity index (χ4n) is 2.29. The molecule has 0 fully saturated rings. The molecule has 0 amide bonds. The van der Waals surface area contributed by atoms with Crippen LogP contribution in [0.15, 0.2) is 0 Å². The van der Waals surface area contributed by atoms with Crippen molar-refractivity contribution in [2.24, 2.45) is 0 Å². The zero-order valence-corrected chi connectivity index (χ0v) is 17.9. The Kier molecular flexibility index (Phi) is 9.00. The van der Waals surface area contributed by atoms with E-state index in [1.807, 2.05) is 0 Å². The van der Waals surface area contributed by atoms with E-state index < -0.39 is 71.1 Å². The first-order chi connectivity index (χ1) is 12.2. The molecular formula is C8H21NO15P4. The van der Waals surface area contributed by atoms with Gasteiger partial charge >= 0.3 is 41.6 Å². The van der Waals surface area contributed by atoms with Gasteiger partial charge in [0.2, 0.25) is 5.52 Å². The zero-order valence-electron chi connectivity index (χ0n) is 14.3. The van der Waals surface area contributed by atoms with Crippen molar-refractivity contribution >= 4 is 36.4 Å². The number of aliphatic carboxylic acids is 1. The Labute approximate surface area is 157 Å². The third-order valence-electron chi connectivity index (χ3n) is 3.30. The van der Waals surface area contributed by atoms with Crippen LogP contribution in [0, 0.1) is 0 Å². The fourth-order valence-corrected chi connectivity index (χ4v) is 8.67. The summed E-state index contributed by atoms with van der Waals surface area (Å²) in [6, 6.07) is 0. The molecule has 0 aromatic heterocycles. The molecule has 0 bridgehead atoms. The first-order valence-electron chi connectivity index (χ1n) is 7.07. The van der Waals surface area contributed by atoms with Gasteiger partial charge in [-0.15, -0.1) is 0 Å². The van der Waals surface area contributed by atoms with Gasteiger partial charge in [-0.3, -0.25) is 18.3 Å². The summed E-state index contributed by atoms with van der Waals surface area (Å²) in [5, 5.41) is 4.61. The molecule has 0 saturated heterocycles. The van der Waals surface area contributed by atoms with Crippen molar-refractivity contribution in [2.45, 2.75) is 37.1 Å². The van der Waals surface area contributed by atoms with E-state index in [9.17, 15) is 62.2 Å². The molecule has 20 heteroatoms.